The molecule has 0 bridgehead atoms. The molecule has 0 fully saturated rings. The fraction of sp³-hybridized carbons (Fsp3) is 0.0645. The third-order valence-electron chi connectivity index (χ3n) is 7.67. The Hall–Kier alpha value is -4.80. The number of para-hydroxylation sites is 1. The van der Waals surface area contributed by atoms with E-state index in [-0.39, 0.29) is 66.2 Å². The van der Waals surface area contributed by atoms with Crippen LogP contribution in [0.4, 0.5) is 34.6 Å². The van der Waals surface area contributed by atoms with Crippen LogP contribution in [0.2, 0.25) is 5.28 Å². The van der Waals surface area contributed by atoms with Gasteiger partial charge in [-0.25, -0.2) is 10.5 Å². The van der Waals surface area contributed by atoms with Gasteiger partial charge in [-0.2, -0.15) is 31.8 Å². The first kappa shape index (κ1) is 40.9. The molecule has 0 aliphatic rings. The second-order valence-corrected chi connectivity index (χ2v) is 15.5. The van der Waals surface area contributed by atoms with E-state index in [1.807, 2.05) is 25.1 Å². The quantitative estimate of drug-likeness (QED) is 0.0186. The number of rotatable bonds is 15. The van der Waals surface area contributed by atoms with Crippen molar-refractivity contribution in [2.45, 2.75) is 26.5 Å². The number of azo groups is 1. The smallest absolute Gasteiger partial charge is 0.297 e. The summed E-state index contributed by atoms with van der Waals surface area (Å²) in [7, 11) is -9.90. The zero-order chi connectivity index (χ0) is 40.2. The minimum absolute atomic E-state index is 0.0432. The van der Waals surface area contributed by atoms with E-state index in [0.29, 0.717) is 24.3 Å². The van der Waals surface area contributed by atoms with E-state index < -0.39 is 47.2 Å². The topological polar surface area (TPSA) is 285 Å². The minimum atomic E-state index is -5.02. The van der Waals surface area contributed by atoms with Crippen molar-refractivity contribution in [1.82, 2.24) is 15.0 Å². The monoisotopic (exact) mass is 865 g/mol. The van der Waals surface area contributed by atoms with Crippen LogP contribution in [0, 0.1) is 0 Å². The average Bonchev–Trinajstić information content (AvgIpc) is 3.15. The Balaban J connectivity index is 1.54. The molecule has 0 saturated carbocycles. The molecule has 0 saturated heterocycles. The van der Waals surface area contributed by atoms with E-state index in [9.17, 15) is 31.0 Å². The van der Waals surface area contributed by atoms with Gasteiger partial charge in [-0.15, -0.1) is 18.9 Å². The maximum absolute atomic E-state index is 12.7. The normalized spacial score (nSPS) is 12.2. The second-order valence-electron chi connectivity index (χ2n) is 10.9. The van der Waals surface area contributed by atoms with Crippen LogP contribution in [0.1, 0.15) is 6.92 Å². The molecular formula is C31H24ClN7O13S4. The molecule has 0 aliphatic heterocycles. The minimum Gasteiger partial charge on any atom is -0.505 e. The number of halogens is 1. The number of aromatic nitrogens is 3. The number of fused-ring (bicyclic) bond motifs is 2. The van der Waals surface area contributed by atoms with Crippen molar-refractivity contribution in [2.24, 2.45) is 10.2 Å². The van der Waals surface area contributed by atoms with E-state index in [1.165, 1.54) is 36.4 Å². The zero-order valence-electron chi connectivity index (χ0n) is 27.9. The first-order valence-electron chi connectivity index (χ1n) is 15.3. The molecule has 0 amide bonds. The van der Waals surface area contributed by atoms with Gasteiger partial charge in [0.2, 0.25) is 17.2 Å². The van der Waals surface area contributed by atoms with E-state index in [2.05, 4.69) is 49.2 Å². The van der Waals surface area contributed by atoms with Crippen molar-refractivity contribution < 1.29 is 60.3 Å². The lowest BCUT2D eigenvalue weighted by molar-refractivity contribution is -0.432. The largest absolute Gasteiger partial charge is 0.505 e. The summed E-state index contributed by atoms with van der Waals surface area (Å²) >= 11 is 7.10. The lowest BCUT2D eigenvalue weighted by atomic mass is 10.1. The van der Waals surface area contributed by atoms with Gasteiger partial charge in [0.25, 0.3) is 20.2 Å². The fourth-order valence-electron chi connectivity index (χ4n) is 5.47. The summed E-state index contributed by atoms with van der Waals surface area (Å²) < 4.78 is 79.6. The van der Waals surface area contributed by atoms with E-state index in [0.717, 1.165) is 12.1 Å². The van der Waals surface area contributed by atoms with Crippen LogP contribution >= 0.6 is 35.7 Å². The van der Waals surface area contributed by atoms with E-state index in [4.69, 9.17) is 22.1 Å². The van der Waals surface area contributed by atoms with Crippen molar-refractivity contribution >= 4 is 112 Å². The molecule has 0 aliphatic carbocycles. The third kappa shape index (κ3) is 8.92. The molecule has 5 aromatic carbocycles. The Bertz CT molecular complexity index is 2700. The zero-order valence-corrected chi connectivity index (χ0v) is 31.9. The molecule has 25 heteroatoms. The summed E-state index contributed by atoms with van der Waals surface area (Å²) in [6.45, 7) is 2.23. The first-order valence-corrected chi connectivity index (χ1v) is 20.0. The van der Waals surface area contributed by atoms with Gasteiger partial charge >= 0.3 is 0 Å². The lowest BCUT2D eigenvalue weighted by Gasteiger charge is -2.21. The Morgan fingerprint density at radius 3 is 2.20 bits per heavy atom. The summed E-state index contributed by atoms with van der Waals surface area (Å²) in [6, 6.07) is 19.1. The highest BCUT2D eigenvalue weighted by molar-refractivity contribution is 7.95. The standard InChI is InChI=1S/C31H24ClN7O13S4/c1-2-39(17-7-4-3-5-8-17)31-35-29(32)34-30(36-31)33-22-15-18(55(43,44)45)13-16-14-24(54-52-50-42)26(27(40)25(16)22)38-37-21-12-11-19-20(28(21)56(46,47)48)9-6-10-23(19)53-51-49-41/h3-15,40-42H,2H2,1H3,(H,43,44,45)(H,46,47,48)(H,33,34,35,36). The second kappa shape index (κ2) is 17.1. The van der Waals surface area contributed by atoms with Crippen LogP contribution in [0.25, 0.3) is 21.5 Å². The molecule has 0 radical (unpaired) electrons. The van der Waals surface area contributed by atoms with Gasteiger partial charge in [-0.1, -0.05) is 46.5 Å². The summed E-state index contributed by atoms with van der Waals surface area (Å²) in [5.41, 5.74) is -0.360. The number of benzene rings is 5. The maximum Gasteiger partial charge on any atom is 0.297 e. The van der Waals surface area contributed by atoms with Gasteiger partial charge in [0.15, 0.2) is 5.75 Å². The predicted octanol–water partition coefficient (Wildman–Crippen LogP) is 8.20. The number of anilines is 4. The molecular weight excluding hydrogens is 842 g/mol. The number of aromatic hydroxyl groups is 1. The van der Waals surface area contributed by atoms with Gasteiger partial charge in [0, 0.05) is 27.9 Å². The molecule has 20 nitrogen and oxygen atoms in total. The molecule has 1 heterocycles. The van der Waals surface area contributed by atoms with Gasteiger partial charge in [0.05, 0.1) is 39.6 Å². The molecule has 0 unspecified atom stereocenters. The highest BCUT2D eigenvalue weighted by Gasteiger charge is 2.25. The molecule has 6 N–H and O–H groups in total. The summed E-state index contributed by atoms with van der Waals surface area (Å²) in [5, 5.41) is 47.2. The Morgan fingerprint density at radius 2 is 1.54 bits per heavy atom. The van der Waals surface area contributed by atoms with Crippen LogP contribution in [0.3, 0.4) is 0 Å². The van der Waals surface area contributed by atoms with E-state index in [1.54, 1.807) is 17.0 Å². The highest BCUT2D eigenvalue weighted by atomic mass is 35.5. The number of phenols is 1. The Labute approximate surface area is 329 Å². The van der Waals surface area contributed by atoms with Gasteiger partial charge in [0.1, 0.15) is 16.3 Å². The number of hydrogen-bond acceptors (Lipinski definition) is 20. The molecule has 1 aromatic heterocycles. The summed E-state index contributed by atoms with van der Waals surface area (Å²) in [6.07, 6.45) is 0. The molecule has 292 valence electrons. The van der Waals surface area contributed by atoms with Crippen molar-refractivity contribution in [2.75, 3.05) is 16.8 Å². The van der Waals surface area contributed by atoms with Gasteiger partial charge in [-0.05, 0) is 71.8 Å². The van der Waals surface area contributed by atoms with Crippen molar-refractivity contribution in [1.29, 1.82) is 0 Å². The van der Waals surface area contributed by atoms with Crippen LogP contribution in [-0.4, -0.2) is 63.1 Å². The van der Waals surface area contributed by atoms with Crippen LogP contribution in [0.5, 0.6) is 5.75 Å². The molecule has 6 aromatic rings. The Morgan fingerprint density at radius 1 is 0.821 bits per heavy atom. The van der Waals surface area contributed by atoms with Crippen LogP contribution < -0.4 is 10.2 Å². The lowest BCUT2D eigenvalue weighted by Crippen LogP contribution is -2.19. The van der Waals surface area contributed by atoms with Gasteiger partial charge in [-0.3, -0.25) is 9.11 Å². The number of phenolic OH excluding ortho intramolecular Hbond substituents is 1. The first-order chi connectivity index (χ1) is 26.7. The number of hydrogen-bond donors (Lipinski definition) is 6. The highest BCUT2D eigenvalue weighted by Crippen LogP contribution is 2.48. The fourth-order valence-corrected chi connectivity index (χ4v) is 8.00. The van der Waals surface area contributed by atoms with Gasteiger partial charge < -0.3 is 15.3 Å². The average molecular weight is 866 g/mol. The number of nitrogens with one attached hydrogen (secondary N) is 1. The van der Waals surface area contributed by atoms with E-state index >= 15 is 0 Å². The molecule has 0 atom stereocenters. The van der Waals surface area contributed by atoms with Crippen molar-refractivity contribution in [3.05, 3.63) is 84.1 Å². The molecule has 0 spiro atoms. The third-order valence-corrected chi connectivity index (χ3v) is 10.9. The van der Waals surface area contributed by atoms with Crippen molar-refractivity contribution in [3.8, 4) is 5.75 Å². The Kier molecular flexibility index (Phi) is 12.5. The summed E-state index contributed by atoms with van der Waals surface area (Å²) in [5.74, 6) is -0.850. The van der Waals surface area contributed by atoms with Crippen LogP contribution in [-0.2, 0) is 39.0 Å². The van der Waals surface area contributed by atoms with Crippen LogP contribution in [0.15, 0.2) is 109 Å². The summed E-state index contributed by atoms with van der Waals surface area (Å²) in [4.78, 5) is 13.2. The maximum atomic E-state index is 12.7. The number of nitrogens with zero attached hydrogens (tertiary/aromatic N) is 6. The molecule has 56 heavy (non-hydrogen) atoms. The molecule has 6 rings (SSSR count). The predicted molar refractivity (Wildman–Crippen MR) is 202 cm³/mol. The van der Waals surface area contributed by atoms with Crippen molar-refractivity contribution in [3.63, 3.8) is 0 Å². The SMILES string of the molecule is CCN(c1ccccc1)c1nc(Cl)nc(Nc2cc(S(=O)(=O)O)cc3cc(SOOO)c(N=Nc4ccc5c(SOOO)cccc5c4S(=O)(=O)O)c(O)c23)n1.